The third-order valence-electron chi connectivity index (χ3n) is 2.11. The Morgan fingerprint density at radius 3 is 2.73 bits per heavy atom. The van der Waals surface area contributed by atoms with Gasteiger partial charge in [-0.3, -0.25) is 4.79 Å². The number of amides is 1. The molecular formula is C11H18N2O2. The molecule has 0 saturated carbocycles. The molecule has 0 fully saturated rings. The van der Waals surface area contributed by atoms with E-state index in [1.54, 1.807) is 11.9 Å². The van der Waals surface area contributed by atoms with E-state index >= 15 is 0 Å². The van der Waals surface area contributed by atoms with Crippen molar-refractivity contribution < 1.29 is 9.21 Å². The summed E-state index contributed by atoms with van der Waals surface area (Å²) in [6, 6.07) is 3.67. The van der Waals surface area contributed by atoms with Crippen LogP contribution in [0.1, 0.15) is 24.9 Å². The lowest BCUT2D eigenvalue weighted by atomic mass is 10.2. The molecule has 0 radical (unpaired) electrons. The monoisotopic (exact) mass is 210 g/mol. The van der Waals surface area contributed by atoms with Crippen molar-refractivity contribution in [2.24, 2.45) is 5.73 Å². The molecule has 2 N–H and O–H groups in total. The molecule has 4 nitrogen and oxygen atoms in total. The van der Waals surface area contributed by atoms with Crippen molar-refractivity contribution in [2.75, 3.05) is 7.05 Å². The molecule has 1 unspecified atom stereocenters. The van der Waals surface area contributed by atoms with Gasteiger partial charge in [0, 0.05) is 19.5 Å². The van der Waals surface area contributed by atoms with Crippen LogP contribution in [0.25, 0.3) is 0 Å². The molecule has 0 aliphatic rings. The van der Waals surface area contributed by atoms with E-state index in [2.05, 4.69) is 0 Å². The van der Waals surface area contributed by atoms with Crippen LogP contribution in [0.15, 0.2) is 16.5 Å². The fourth-order valence-electron chi connectivity index (χ4n) is 1.32. The number of aryl methyl sites for hydroxylation is 1. The van der Waals surface area contributed by atoms with Gasteiger partial charge in [-0.2, -0.15) is 0 Å². The Hall–Kier alpha value is -1.29. The van der Waals surface area contributed by atoms with Gasteiger partial charge in [0.25, 0.3) is 0 Å². The first-order valence-corrected chi connectivity index (χ1v) is 5.04. The molecule has 1 aromatic rings. The highest BCUT2D eigenvalue weighted by Gasteiger charge is 2.12. The van der Waals surface area contributed by atoms with Crippen molar-refractivity contribution in [2.45, 2.75) is 32.9 Å². The summed E-state index contributed by atoms with van der Waals surface area (Å²) >= 11 is 0. The van der Waals surface area contributed by atoms with Crippen molar-refractivity contribution in [3.63, 3.8) is 0 Å². The quantitative estimate of drug-likeness (QED) is 0.814. The first-order valence-electron chi connectivity index (χ1n) is 5.04. The van der Waals surface area contributed by atoms with Crippen LogP contribution in [-0.2, 0) is 11.3 Å². The molecule has 1 amide bonds. The first-order chi connectivity index (χ1) is 6.99. The lowest BCUT2D eigenvalue weighted by molar-refractivity contribution is -0.130. The summed E-state index contributed by atoms with van der Waals surface area (Å²) in [6.07, 6.45) is 0.371. The molecule has 0 aliphatic heterocycles. The summed E-state index contributed by atoms with van der Waals surface area (Å²) < 4.78 is 5.38. The van der Waals surface area contributed by atoms with Crippen molar-refractivity contribution in [3.05, 3.63) is 23.7 Å². The molecular weight excluding hydrogens is 192 g/mol. The molecule has 0 aliphatic carbocycles. The highest BCUT2D eigenvalue weighted by molar-refractivity contribution is 5.76. The van der Waals surface area contributed by atoms with Crippen LogP contribution in [0, 0.1) is 6.92 Å². The maximum absolute atomic E-state index is 11.6. The Balaban J connectivity index is 2.48. The number of nitrogens with two attached hydrogens (primary N) is 1. The summed E-state index contributed by atoms with van der Waals surface area (Å²) in [5.74, 6) is 1.70. The van der Waals surface area contributed by atoms with Gasteiger partial charge >= 0.3 is 0 Å². The van der Waals surface area contributed by atoms with Gasteiger partial charge in [0.05, 0.1) is 6.54 Å². The van der Waals surface area contributed by atoms with Crippen molar-refractivity contribution in [1.29, 1.82) is 0 Å². The third kappa shape index (κ3) is 3.75. The fourth-order valence-corrected chi connectivity index (χ4v) is 1.32. The Bertz CT molecular complexity index is 331. The molecule has 1 aromatic heterocycles. The summed E-state index contributed by atoms with van der Waals surface area (Å²) in [5, 5.41) is 0. The summed E-state index contributed by atoms with van der Waals surface area (Å²) in [6.45, 7) is 4.20. The normalized spacial score (nSPS) is 12.5. The van der Waals surface area contributed by atoms with Crippen LogP contribution in [-0.4, -0.2) is 23.9 Å². The first kappa shape index (κ1) is 11.8. The SMILES string of the molecule is Cc1ccc(CN(C)C(=O)CC(C)N)o1. The molecule has 15 heavy (non-hydrogen) atoms. The minimum Gasteiger partial charge on any atom is -0.464 e. The van der Waals surface area contributed by atoms with Crippen LogP contribution in [0.3, 0.4) is 0 Å². The predicted octanol–water partition coefficient (Wildman–Crippen LogP) is 1.28. The van der Waals surface area contributed by atoms with Crippen LogP contribution in [0.2, 0.25) is 0 Å². The highest BCUT2D eigenvalue weighted by atomic mass is 16.3. The van der Waals surface area contributed by atoms with Gasteiger partial charge in [-0.1, -0.05) is 0 Å². The zero-order chi connectivity index (χ0) is 11.4. The van der Waals surface area contributed by atoms with Gasteiger partial charge in [0.15, 0.2) is 0 Å². The Labute approximate surface area is 90.0 Å². The van der Waals surface area contributed by atoms with E-state index in [0.29, 0.717) is 13.0 Å². The van der Waals surface area contributed by atoms with Gasteiger partial charge in [0.2, 0.25) is 5.91 Å². The van der Waals surface area contributed by atoms with E-state index in [1.807, 2.05) is 26.0 Å². The average Bonchev–Trinajstić information content (AvgIpc) is 2.50. The topological polar surface area (TPSA) is 59.5 Å². The van der Waals surface area contributed by atoms with Crippen LogP contribution in [0.5, 0.6) is 0 Å². The maximum atomic E-state index is 11.6. The van der Waals surface area contributed by atoms with E-state index in [0.717, 1.165) is 11.5 Å². The summed E-state index contributed by atoms with van der Waals surface area (Å²) in [5.41, 5.74) is 5.56. The number of carbonyl (C=O) groups is 1. The average molecular weight is 210 g/mol. The number of hydrogen-bond donors (Lipinski definition) is 1. The van der Waals surface area contributed by atoms with Gasteiger partial charge < -0.3 is 15.1 Å². The molecule has 0 spiro atoms. The van der Waals surface area contributed by atoms with Gasteiger partial charge in [-0.25, -0.2) is 0 Å². The fraction of sp³-hybridized carbons (Fsp3) is 0.545. The molecule has 1 heterocycles. The molecule has 0 aromatic carbocycles. The lowest BCUT2D eigenvalue weighted by Gasteiger charge is -2.16. The predicted molar refractivity (Wildman–Crippen MR) is 58.2 cm³/mol. The van der Waals surface area contributed by atoms with Crippen LogP contribution in [0.4, 0.5) is 0 Å². The number of rotatable bonds is 4. The molecule has 0 saturated heterocycles. The Kier molecular flexibility index (Phi) is 3.91. The Morgan fingerprint density at radius 2 is 2.27 bits per heavy atom. The second-order valence-electron chi connectivity index (χ2n) is 3.94. The molecule has 4 heteroatoms. The summed E-state index contributed by atoms with van der Waals surface area (Å²) in [4.78, 5) is 13.2. The number of furan rings is 1. The van der Waals surface area contributed by atoms with Crippen molar-refractivity contribution in [1.82, 2.24) is 4.90 Å². The minimum atomic E-state index is -0.0988. The van der Waals surface area contributed by atoms with Gasteiger partial charge in [-0.05, 0) is 26.0 Å². The second kappa shape index (κ2) is 4.98. The zero-order valence-corrected chi connectivity index (χ0v) is 9.49. The van der Waals surface area contributed by atoms with E-state index in [9.17, 15) is 4.79 Å². The summed E-state index contributed by atoms with van der Waals surface area (Å²) in [7, 11) is 1.75. The number of carbonyl (C=O) groups excluding carboxylic acids is 1. The smallest absolute Gasteiger partial charge is 0.224 e. The van der Waals surface area contributed by atoms with E-state index < -0.39 is 0 Å². The van der Waals surface area contributed by atoms with Gasteiger partial charge in [-0.15, -0.1) is 0 Å². The van der Waals surface area contributed by atoms with Gasteiger partial charge in [0.1, 0.15) is 11.5 Å². The molecule has 0 bridgehead atoms. The van der Waals surface area contributed by atoms with E-state index in [1.165, 1.54) is 0 Å². The standard InChI is InChI=1S/C11H18N2O2/c1-8(12)6-11(14)13(3)7-10-5-4-9(2)15-10/h4-5,8H,6-7,12H2,1-3H3. The minimum absolute atomic E-state index is 0.0408. The van der Waals surface area contributed by atoms with Crippen molar-refractivity contribution in [3.8, 4) is 0 Å². The zero-order valence-electron chi connectivity index (χ0n) is 9.49. The van der Waals surface area contributed by atoms with Crippen molar-refractivity contribution >= 4 is 5.91 Å². The molecule has 1 atom stereocenters. The third-order valence-corrected chi connectivity index (χ3v) is 2.11. The van der Waals surface area contributed by atoms with Crippen LogP contribution < -0.4 is 5.73 Å². The maximum Gasteiger partial charge on any atom is 0.224 e. The second-order valence-corrected chi connectivity index (χ2v) is 3.94. The molecule has 1 rings (SSSR count). The van der Waals surface area contributed by atoms with Crippen LogP contribution >= 0.6 is 0 Å². The number of hydrogen-bond acceptors (Lipinski definition) is 3. The Morgan fingerprint density at radius 1 is 1.60 bits per heavy atom. The molecule has 84 valence electrons. The lowest BCUT2D eigenvalue weighted by Crippen LogP contribution is -2.31. The number of nitrogens with zero attached hydrogens (tertiary/aromatic N) is 1. The van der Waals surface area contributed by atoms with E-state index in [-0.39, 0.29) is 11.9 Å². The highest BCUT2D eigenvalue weighted by Crippen LogP contribution is 2.09. The van der Waals surface area contributed by atoms with E-state index in [4.69, 9.17) is 10.2 Å². The largest absolute Gasteiger partial charge is 0.464 e.